The molecule has 0 radical (unpaired) electrons. The molecule has 0 saturated heterocycles. The summed E-state index contributed by atoms with van der Waals surface area (Å²) in [5.41, 5.74) is 1.76. The lowest BCUT2D eigenvalue weighted by Crippen LogP contribution is -2.24. The van der Waals surface area contributed by atoms with Gasteiger partial charge in [0.1, 0.15) is 0 Å². The summed E-state index contributed by atoms with van der Waals surface area (Å²) >= 11 is 3.34. The molecule has 0 atom stereocenters. The van der Waals surface area contributed by atoms with Crippen molar-refractivity contribution in [2.75, 3.05) is 7.05 Å². The maximum Gasteiger partial charge on any atom is 0.242 e. The summed E-state index contributed by atoms with van der Waals surface area (Å²) in [7, 11) is -1.83. The van der Waals surface area contributed by atoms with Crippen LogP contribution in [-0.2, 0) is 23.1 Å². The van der Waals surface area contributed by atoms with E-state index in [-0.39, 0.29) is 11.4 Å². The summed E-state index contributed by atoms with van der Waals surface area (Å²) in [4.78, 5) is 0.215. The van der Waals surface area contributed by atoms with Gasteiger partial charge in [-0.1, -0.05) is 11.2 Å². The number of hydrogen-bond acceptors (Lipinski definition) is 5. The Morgan fingerprint density at radius 3 is 2.71 bits per heavy atom. The van der Waals surface area contributed by atoms with Crippen LogP contribution in [0.5, 0.6) is 0 Å². The van der Waals surface area contributed by atoms with Gasteiger partial charge in [0.15, 0.2) is 5.76 Å². The zero-order valence-corrected chi connectivity index (χ0v) is 14.1. The fourth-order valence-electron chi connectivity index (χ4n) is 1.89. The first-order valence-corrected chi connectivity index (χ1v) is 8.54. The first-order valence-electron chi connectivity index (χ1n) is 6.27. The highest BCUT2D eigenvalue weighted by atomic mass is 79.9. The van der Waals surface area contributed by atoms with E-state index in [4.69, 9.17) is 4.52 Å². The average Bonchev–Trinajstić information content (AvgIpc) is 2.94. The third-order valence-corrected chi connectivity index (χ3v) is 5.62. The fraction of sp³-hybridized carbons (Fsp3) is 0.308. The quantitative estimate of drug-likeness (QED) is 0.808. The number of rotatable bonds is 6. The van der Waals surface area contributed by atoms with E-state index in [2.05, 4.69) is 31.1 Å². The van der Waals surface area contributed by atoms with Crippen LogP contribution in [0.15, 0.2) is 38.3 Å². The van der Waals surface area contributed by atoms with Crippen LogP contribution < -0.4 is 10.0 Å². The van der Waals surface area contributed by atoms with E-state index in [1.54, 1.807) is 12.1 Å². The van der Waals surface area contributed by atoms with Crippen molar-refractivity contribution >= 4 is 26.0 Å². The molecule has 2 N–H and O–H groups in total. The third-order valence-electron chi connectivity index (χ3n) is 2.88. The topological polar surface area (TPSA) is 84.2 Å². The van der Waals surface area contributed by atoms with Crippen LogP contribution in [0.25, 0.3) is 0 Å². The van der Waals surface area contributed by atoms with Crippen molar-refractivity contribution in [3.63, 3.8) is 0 Å². The first-order chi connectivity index (χ1) is 9.94. The minimum atomic E-state index is -3.64. The number of aryl methyl sites for hydroxylation is 1. The number of sulfonamides is 1. The van der Waals surface area contributed by atoms with E-state index >= 15 is 0 Å². The SMILES string of the molecule is CNCc1cc(C)c(Br)c(S(=O)(=O)NCc2ccno2)c1. The normalized spacial score (nSPS) is 11.8. The van der Waals surface area contributed by atoms with Crippen LogP contribution in [0, 0.1) is 6.92 Å². The number of nitrogens with one attached hydrogen (secondary N) is 2. The molecule has 2 aromatic rings. The minimum absolute atomic E-state index is 0.0596. The Balaban J connectivity index is 2.30. The fourth-order valence-corrected chi connectivity index (χ4v) is 3.95. The van der Waals surface area contributed by atoms with Crippen molar-refractivity contribution in [1.82, 2.24) is 15.2 Å². The molecule has 0 bridgehead atoms. The lowest BCUT2D eigenvalue weighted by molar-refractivity contribution is 0.380. The van der Waals surface area contributed by atoms with E-state index in [9.17, 15) is 8.42 Å². The van der Waals surface area contributed by atoms with Gasteiger partial charge in [-0.05, 0) is 47.1 Å². The smallest absolute Gasteiger partial charge is 0.242 e. The van der Waals surface area contributed by atoms with E-state index < -0.39 is 10.0 Å². The molecule has 1 aromatic carbocycles. The number of benzene rings is 1. The maximum atomic E-state index is 12.4. The zero-order valence-electron chi connectivity index (χ0n) is 11.7. The highest BCUT2D eigenvalue weighted by molar-refractivity contribution is 9.10. The molecular formula is C13H16BrN3O3S. The summed E-state index contributed by atoms with van der Waals surface area (Å²) in [6, 6.07) is 5.20. The van der Waals surface area contributed by atoms with Gasteiger partial charge in [0.2, 0.25) is 10.0 Å². The second kappa shape index (κ2) is 6.69. The summed E-state index contributed by atoms with van der Waals surface area (Å²) in [6.07, 6.45) is 1.47. The molecule has 1 aromatic heterocycles. The maximum absolute atomic E-state index is 12.4. The molecule has 21 heavy (non-hydrogen) atoms. The number of nitrogens with zero attached hydrogens (tertiary/aromatic N) is 1. The summed E-state index contributed by atoms with van der Waals surface area (Å²) in [6.45, 7) is 2.52. The molecule has 1 heterocycles. The predicted octanol–water partition coefficient (Wildman–Crippen LogP) is 1.94. The Labute approximate surface area is 132 Å². The van der Waals surface area contributed by atoms with Gasteiger partial charge >= 0.3 is 0 Å². The van der Waals surface area contributed by atoms with Gasteiger partial charge in [0.05, 0.1) is 17.6 Å². The van der Waals surface area contributed by atoms with Crippen LogP contribution in [0.4, 0.5) is 0 Å². The molecular weight excluding hydrogens is 358 g/mol. The average molecular weight is 374 g/mol. The van der Waals surface area contributed by atoms with Crippen LogP contribution >= 0.6 is 15.9 Å². The van der Waals surface area contributed by atoms with Crippen molar-refractivity contribution in [2.45, 2.75) is 24.9 Å². The van der Waals surface area contributed by atoms with Crippen molar-refractivity contribution in [3.05, 3.63) is 45.8 Å². The standard InChI is InChI=1S/C13H16BrN3O3S/c1-9-5-10(7-15-2)6-12(13(9)14)21(18,19)17-8-11-3-4-16-20-11/h3-6,15,17H,7-8H2,1-2H3. The van der Waals surface area contributed by atoms with Crippen molar-refractivity contribution < 1.29 is 12.9 Å². The lowest BCUT2D eigenvalue weighted by atomic mass is 10.1. The van der Waals surface area contributed by atoms with E-state index in [0.29, 0.717) is 16.8 Å². The molecule has 0 unspecified atom stereocenters. The molecule has 0 amide bonds. The Bertz CT molecular complexity index is 715. The minimum Gasteiger partial charge on any atom is -0.360 e. The Hall–Kier alpha value is -1.22. The number of aromatic nitrogens is 1. The molecule has 2 rings (SSSR count). The molecule has 0 fully saturated rings. The summed E-state index contributed by atoms with van der Waals surface area (Å²) in [5.74, 6) is 0.456. The van der Waals surface area contributed by atoms with Crippen LogP contribution in [0.2, 0.25) is 0 Å². The van der Waals surface area contributed by atoms with E-state index in [1.807, 2.05) is 20.0 Å². The monoisotopic (exact) mass is 373 g/mol. The van der Waals surface area contributed by atoms with Crippen LogP contribution in [0.1, 0.15) is 16.9 Å². The van der Waals surface area contributed by atoms with Gasteiger partial charge in [-0.3, -0.25) is 0 Å². The number of hydrogen-bond donors (Lipinski definition) is 2. The molecule has 8 heteroatoms. The van der Waals surface area contributed by atoms with Crippen molar-refractivity contribution in [3.8, 4) is 0 Å². The largest absolute Gasteiger partial charge is 0.360 e. The van der Waals surface area contributed by atoms with Gasteiger partial charge < -0.3 is 9.84 Å². The van der Waals surface area contributed by atoms with Gasteiger partial charge in [0, 0.05) is 17.1 Å². The van der Waals surface area contributed by atoms with E-state index in [0.717, 1.165) is 11.1 Å². The van der Waals surface area contributed by atoms with Crippen molar-refractivity contribution in [1.29, 1.82) is 0 Å². The van der Waals surface area contributed by atoms with Gasteiger partial charge in [-0.2, -0.15) is 0 Å². The molecule has 6 nitrogen and oxygen atoms in total. The molecule has 0 aliphatic carbocycles. The summed E-state index contributed by atoms with van der Waals surface area (Å²) < 4.78 is 32.8. The molecule has 0 aliphatic heterocycles. The lowest BCUT2D eigenvalue weighted by Gasteiger charge is -2.12. The molecule has 114 valence electrons. The van der Waals surface area contributed by atoms with Crippen LogP contribution in [-0.4, -0.2) is 20.6 Å². The Kier molecular flexibility index (Phi) is 5.15. The third kappa shape index (κ3) is 3.91. The Morgan fingerprint density at radius 1 is 1.33 bits per heavy atom. The number of halogens is 1. The second-order valence-corrected chi connectivity index (χ2v) is 7.09. The highest BCUT2D eigenvalue weighted by Crippen LogP contribution is 2.27. The highest BCUT2D eigenvalue weighted by Gasteiger charge is 2.20. The van der Waals surface area contributed by atoms with E-state index in [1.165, 1.54) is 6.20 Å². The molecule has 0 aliphatic rings. The summed E-state index contributed by atoms with van der Waals surface area (Å²) in [5, 5.41) is 6.55. The first kappa shape index (κ1) is 16.2. The second-order valence-electron chi connectivity index (χ2n) is 4.56. The van der Waals surface area contributed by atoms with Gasteiger partial charge in [0.25, 0.3) is 0 Å². The molecule has 0 spiro atoms. The predicted molar refractivity (Wildman–Crippen MR) is 82.2 cm³/mol. The van der Waals surface area contributed by atoms with Gasteiger partial charge in [-0.25, -0.2) is 13.1 Å². The van der Waals surface area contributed by atoms with Crippen molar-refractivity contribution in [2.24, 2.45) is 0 Å². The molecule has 0 saturated carbocycles. The zero-order chi connectivity index (χ0) is 15.5. The van der Waals surface area contributed by atoms with Gasteiger partial charge in [-0.15, -0.1) is 0 Å². The Morgan fingerprint density at radius 2 is 2.10 bits per heavy atom. The van der Waals surface area contributed by atoms with Crippen LogP contribution in [0.3, 0.4) is 0 Å².